The van der Waals surface area contributed by atoms with Gasteiger partial charge in [-0.3, -0.25) is 4.79 Å². The van der Waals surface area contributed by atoms with Crippen LogP contribution >= 0.6 is 0 Å². The van der Waals surface area contributed by atoms with Crippen molar-refractivity contribution in [3.63, 3.8) is 0 Å². The van der Waals surface area contributed by atoms with Crippen molar-refractivity contribution in [2.45, 2.75) is 52.2 Å². The molecule has 0 aliphatic rings. The fourth-order valence-corrected chi connectivity index (χ4v) is 1.27. The molecule has 0 saturated carbocycles. The standard InChI is InChI=1S/C12H24N2O4/c1-5-13-10(16)7-6-9(8-15)14-11(17)18-12(2,3)4/h9,15H,5-8H2,1-4H3,(H,13,16)(H,14,17). The molecule has 0 fully saturated rings. The van der Waals surface area contributed by atoms with E-state index in [1.54, 1.807) is 20.8 Å². The maximum Gasteiger partial charge on any atom is 0.407 e. The summed E-state index contributed by atoms with van der Waals surface area (Å²) in [4.78, 5) is 22.7. The monoisotopic (exact) mass is 260 g/mol. The van der Waals surface area contributed by atoms with Crippen LogP contribution in [0.1, 0.15) is 40.5 Å². The van der Waals surface area contributed by atoms with Gasteiger partial charge in [-0.2, -0.15) is 0 Å². The van der Waals surface area contributed by atoms with E-state index in [-0.39, 0.29) is 18.9 Å². The quantitative estimate of drug-likeness (QED) is 0.659. The van der Waals surface area contributed by atoms with Gasteiger partial charge >= 0.3 is 6.09 Å². The van der Waals surface area contributed by atoms with E-state index in [0.29, 0.717) is 13.0 Å². The number of carbonyl (C=O) groups is 2. The molecule has 3 N–H and O–H groups in total. The van der Waals surface area contributed by atoms with Gasteiger partial charge in [0.05, 0.1) is 12.6 Å². The Kier molecular flexibility index (Phi) is 7.35. The molecule has 0 aliphatic heterocycles. The Morgan fingerprint density at radius 1 is 1.33 bits per heavy atom. The summed E-state index contributed by atoms with van der Waals surface area (Å²) in [6, 6.07) is -0.470. The van der Waals surface area contributed by atoms with Crippen LogP contribution in [-0.4, -0.2) is 41.9 Å². The summed E-state index contributed by atoms with van der Waals surface area (Å²) in [7, 11) is 0. The number of hydrogen-bond acceptors (Lipinski definition) is 4. The van der Waals surface area contributed by atoms with E-state index in [1.807, 2.05) is 6.92 Å². The molecule has 0 bridgehead atoms. The number of aliphatic hydroxyl groups is 1. The molecule has 0 aromatic rings. The van der Waals surface area contributed by atoms with Crippen molar-refractivity contribution < 1.29 is 19.4 Å². The first-order chi connectivity index (χ1) is 8.28. The number of amides is 2. The lowest BCUT2D eigenvalue weighted by atomic mass is 10.1. The fraction of sp³-hybridized carbons (Fsp3) is 0.833. The molecule has 0 heterocycles. The summed E-state index contributed by atoms with van der Waals surface area (Å²) in [6.45, 7) is 7.46. The van der Waals surface area contributed by atoms with Gasteiger partial charge in [0, 0.05) is 13.0 Å². The number of ether oxygens (including phenoxy) is 1. The number of nitrogens with one attached hydrogen (secondary N) is 2. The highest BCUT2D eigenvalue weighted by atomic mass is 16.6. The Bertz CT molecular complexity index is 274. The second-order valence-corrected chi connectivity index (χ2v) is 5.02. The van der Waals surface area contributed by atoms with E-state index in [4.69, 9.17) is 9.84 Å². The van der Waals surface area contributed by atoms with E-state index in [9.17, 15) is 9.59 Å². The third kappa shape index (κ3) is 8.81. The van der Waals surface area contributed by atoms with Gasteiger partial charge in [-0.05, 0) is 34.1 Å². The van der Waals surface area contributed by atoms with Crippen LogP contribution in [-0.2, 0) is 9.53 Å². The van der Waals surface area contributed by atoms with Crippen molar-refractivity contribution in [3.8, 4) is 0 Å². The molecule has 0 saturated heterocycles. The predicted molar refractivity (Wildman–Crippen MR) is 68.2 cm³/mol. The minimum Gasteiger partial charge on any atom is -0.444 e. The lowest BCUT2D eigenvalue weighted by Gasteiger charge is -2.22. The first-order valence-electron chi connectivity index (χ1n) is 6.15. The fourth-order valence-electron chi connectivity index (χ4n) is 1.27. The van der Waals surface area contributed by atoms with Crippen molar-refractivity contribution in [2.24, 2.45) is 0 Å². The lowest BCUT2D eigenvalue weighted by molar-refractivity contribution is -0.121. The van der Waals surface area contributed by atoms with Crippen LogP contribution in [0.15, 0.2) is 0 Å². The highest BCUT2D eigenvalue weighted by molar-refractivity contribution is 5.76. The molecule has 106 valence electrons. The van der Waals surface area contributed by atoms with Crippen LogP contribution in [0.4, 0.5) is 4.79 Å². The Balaban J connectivity index is 4.03. The SMILES string of the molecule is CCNC(=O)CCC(CO)NC(=O)OC(C)(C)C. The van der Waals surface area contributed by atoms with Crippen molar-refractivity contribution in [2.75, 3.05) is 13.2 Å². The molecule has 2 amide bonds. The average Bonchev–Trinajstić information content (AvgIpc) is 2.22. The van der Waals surface area contributed by atoms with E-state index in [2.05, 4.69) is 10.6 Å². The van der Waals surface area contributed by atoms with Gasteiger partial charge in [0.25, 0.3) is 0 Å². The van der Waals surface area contributed by atoms with Gasteiger partial charge in [0.2, 0.25) is 5.91 Å². The van der Waals surface area contributed by atoms with E-state index >= 15 is 0 Å². The largest absolute Gasteiger partial charge is 0.444 e. The molecule has 0 aliphatic carbocycles. The number of carbonyl (C=O) groups excluding carboxylic acids is 2. The first-order valence-corrected chi connectivity index (χ1v) is 6.15. The van der Waals surface area contributed by atoms with Crippen LogP contribution < -0.4 is 10.6 Å². The minimum absolute atomic E-state index is 0.0954. The Morgan fingerprint density at radius 3 is 2.39 bits per heavy atom. The summed E-state index contributed by atoms with van der Waals surface area (Å²) < 4.78 is 5.06. The highest BCUT2D eigenvalue weighted by Gasteiger charge is 2.19. The van der Waals surface area contributed by atoms with Gasteiger partial charge in [-0.25, -0.2) is 4.79 Å². The topological polar surface area (TPSA) is 87.7 Å². The summed E-state index contributed by atoms with van der Waals surface area (Å²) in [5, 5.41) is 14.3. The normalized spacial score (nSPS) is 12.7. The molecule has 0 aromatic carbocycles. The van der Waals surface area contributed by atoms with Crippen LogP contribution in [0.3, 0.4) is 0 Å². The molecule has 0 spiro atoms. The molecule has 6 heteroatoms. The first kappa shape index (κ1) is 16.7. The molecular weight excluding hydrogens is 236 g/mol. The maximum atomic E-state index is 11.5. The van der Waals surface area contributed by atoms with Crippen molar-refractivity contribution in [1.29, 1.82) is 0 Å². The lowest BCUT2D eigenvalue weighted by Crippen LogP contribution is -2.41. The van der Waals surface area contributed by atoms with E-state index < -0.39 is 17.7 Å². The zero-order valence-electron chi connectivity index (χ0n) is 11.6. The zero-order chi connectivity index (χ0) is 14.2. The summed E-state index contributed by atoms with van der Waals surface area (Å²) in [5.74, 6) is -0.0954. The van der Waals surface area contributed by atoms with Gasteiger partial charge in [-0.1, -0.05) is 0 Å². The molecular formula is C12H24N2O4. The Labute approximate surface area is 108 Å². The third-order valence-electron chi connectivity index (χ3n) is 2.04. The molecule has 18 heavy (non-hydrogen) atoms. The van der Waals surface area contributed by atoms with Crippen LogP contribution in [0, 0.1) is 0 Å². The number of alkyl carbamates (subject to hydrolysis) is 1. The summed E-state index contributed by atoms with van der Waals surface area (Å²) >= 11 is 0. The Morgan fingerprint density at radius 2 is 1.94 bits per heavy atom. The molecule has 1 unspecified atom stereocenters. The molecule has 6 nitrogen and oxygen atoms in total. The second kappa shape index (κ2) is 7.92. The predicted octanol–water partition coefficient (Wildman–Crippen LogP) is 0.788. The van der Waals surface area contributed by atoms with Crippen LogP contribution in [0.25, 0.3) is 0 Å². The smallest absolute Gasteiger partial charge is 0.407 e. The maximum absolute atomic E-state index is 11.5. The molecule has 0 rings (SSSR count). The molecule has 0 aromatic heterocycles. The highest BCUT2D eigenvalue weighted by Crippen LogP contribution is 2.07. The summed E-state index contributed by atoms with van der Waals surface area (Å²) in [5.41, 5.74) is -0.580. The second-order valence-electron chi connectivity index (χ2n) is 5.02. The number of aliphatic hydroxyl groups excluding tert-OH is 1. The van der Waals surface area contributed by atoms with Crippen molar-refractivity contribution in [3.05, 3.63) is 0 Å². The van der Waals surface area contributed by atoms with Crippen LogP contribution in [0.5, 0.6) is 0 Å². The molecule has 1 atom stereocenters. The van der Waals surface area contributed by atoms with Gasteiger partial charge < -0.3 is 20.5 Å². The number of hydrogen-bond donors (Lipinski definition) is 3. The Hall–Kier alpha value is -1.30. The number of rotatable bonds is 6. The molecule has 0 radical (unpaired) electrons. The van der Waals surface area contributed by atoms with Gasteiger partial charge in [0.1, 0.15) is 5.60 Å². The van der Waals surface area contributed by atoms with Crippen LogP contribution in [0.2, 0.25) is 0 Å². The summed E-state index contributed by atoms with van der Waals surface area (Å²) in [6.07, 6.45) is 0.0497. The zero-order valence-corrected chi connectivity index (χ0v) is 11.6. The minimum atomic E-state index is -0.586. The van der Waals surface area contributed by atoms with Gasteiger partial charge in [-0.15, -0.1) is 0 Å². The average molecular weight is 260 g/mol. The van der Waals surface area contributed by atoms with Gasteiger partial charge in [0.15, 0.2) is 0 Å². The third-order valence-corrected chi connectivity index (χ3v) is 2.04. The van der Waals surface area contributed by atoms with E-state index in [1.165, 1.54) is 0 Å². The van der Waals surface area contributed by atoms with Crippen molar-refractivity contribution in [1.82, 2.24) is 10.6 Å². The van der Waals surface area contributed by atoms with Crippen molar-refractivity contribution >= 4 is 12.0 Å². The van der Waals surface area contributed by atoms with E-state index in [0.717, 1.165) is 0 Å².